The van der Waals surface area contributed by atoms with Gasteiger partial charge in [0.1, 0.15) is 11.6 Å². The van der Waals surface area contributed by atoms with Gasteiger partial charge in [0.15, 0.2) is 0 Å². The molecular formula is C15H14FNO2. The predicted molar refractivity (Wildman–Crippen MR) is 72.1 cm³/mol. The fourth-order valence-corrected chi connectivity index (χ4v) is 1.85. The van der Waals surface area contributed by atoms with Crippen LogP contribution < -0.4 is 10.1 Å². The van der Waals surface area contributed by atoms with Crippen LogP contribution in [0.1, 0.15) is 15.9 Å². The zero-order valence-corrected chi connectivity index (χ0v) is 10.7. The molecule has 4 heteroatoms. The molecule has 0 fully saturated rings. The van der Waals surface area contributed by atoms with Crippen molar-refractivity contribution in [2.75, 3.05) is 12.4 Å². The summed E-state index contributed by atoms with van der Waals surface area (Å²) in [7, 11) is 1.50. The van der Waals surface area contributed by atoms with E-state index in [-0.39, 0.29) is 5.69 Å². The van der Waals surface area contributed by atoms with Gasteiger partial charge in [0, 0.05) is 0 Å². The Morgan fingerprint density at radius 1 is 1.16 bits per heavy atom. The minimum Gasteiger partial charge on any atom is -0.496 e. The average Bonchev–Trinajstić information content (AvgIpc) is 2.41. The van der Waals surface area contributed by atoms with E-state index >= 15 is 0 Å². The molecule has 0 bridgehead atoms. The summed E-state index contributed by atoms with van der Waals surface area (Å²) in [4.78, 5) is 12.1. The minimum atomic E-state index is -0.470. The lowest BCUT2D eigenvalue weighted by Crippen LogP contribution is -2.14. The molecule has 0 aliphatic heterocycles. The summed E-state index contributed by atoms with van der Waals surface area (Å²) in [5.41, 5.74) is 1.38. The van der Waals surface area contributed by atoms with E-state index in [4.69, 9.17) is 4.74 Å². The molecule has 0 atom stereocenters. The maximum absolute atomic E-state index is 13.5. The van der Waals surface area contributed by atoms with Crippen molar-refractivity contribution < 1.29 is 13.9 Å². The van der Waals surface area contributed by atoms with Gasteiger partial charge in [-0.2, -0.15) is 0 Å². The summed E-state index contributed by atoms with van der Waals surface area (Å²) in [5, 5.41) is 2.53. The molecule has 2 aromatic rings. The summed E-state index contributed by atoms with van der Waals surface area (Å²) in [5.74, 6) is -0.371. The molecule has 0 aliphatic carbocycles. The van der Waals surface area contributed by atoms with Crippen LogP contribution in [0.3, 0.4) is 0 Å². The van der Waals surface area contributed by atoms with E-state index in [1.165, 1.54) is 19.2 Å². The lowest BCUT2D eigenvalue weighted by Gasteiger charge is -2.11. The van der Waals surface area contributed by atoms with Crippen LogP contribution >= 0.6 is 0 Å². The number of benzene rings is 2. The van der Waals surface area contributed by atoms with Gasteiger partial charge in [-0.1, -0.05) is 24.3 Å². The molecule has 1 N–H and O–H groups in total. The third-order valence-corrected chi connectivity index (χ3v) is 2.78. The Morgan fingerprint density at radius 3 is 2.58 bits per heavy atom. The SMILES string of the molecule is COc1c(C)cccc1C(=O)Nc1ccccc1F. The van der Waals surface area contributed by atoms with Crippen molar-refractivity contribution in [2.24, 2.45) is 0 Å². The van der Waals surface area contributed by atoms with Gasteiger partial charge in [-0.3, -0.25) is 4.79 Å². The molecule has 0 saturated heterocycles. The number of nitrogens with one attached hydrogen (secondary N) is 1. The van der Waals surface area contributed by atoms with Crippen molar-refractivity contribution in [1.29, 1.82) is 0 Å². The molecule has 0 radical (unpaired) electrons. The van der Waals surface area contributed by atoms with Crippen molar-refractivity contribution >= 4 is 11.6 Å². The minimum absolute atomic E-state index is 0.149. The fraction of sp³-hybridized carbons (Fsp3) is 0.133. The molecule has 1 amide bonds. The summed E-state index contributed by atoms with van der Waals surface area (Å²) < 4.78 is 18.7. The van der Waals surface area contributed by atoms with Crippen molar-refractivity contribution in [1.82, 2.24) is 0 Å². The van der Waals surface area contributed by atoms with Crippen LogP contribution in [0.5, 0.6) is 5.75 Å². The monoisotopic (exact) mass is 259 g/mol. The number of carbonyl (C=O) groups is 1. The van der Waals surface area contributed by atoms with Gasteiger partial charge in [0.2, 0.25) is 0 Å². The second-order valence-electron chi connectivity index (χ2n) is 4.09. The Bertz CT molecular complexity index is 611. The topological polar surface area (TPSA) is 38.3 Å². The molecule has 0 heterocycles. The van der Waals surface area contributed by atoms with Gasteiger partial charge in [-0.05, 0) is 30.7 Å². The van der Waals surface area contributed by atoms with Crippen molar-refractivity contribution in [2.45, 2.75) is 6.92 Å². The number of halogens is 1. The van der Waals surface area contributed by atoms with Crippen LogP contribution in [-0.2, 0) is 0 Å². The number of para-hydroxylation sites is 2. The van der Waals surface area contributed by atoms with Crippen molar-refractivity contribution in [3.8, 4) is 5.75 Å². The molecule has 0 aromatic heterocycles. The third-order valence-electron chi connectivity index (χ3n) is 2.78. The Morgan fingerprint density at radius 2 is 1.89 bits per heavy atom. The molecular weight excluding hydrogens is 245 g/mol. The number of hydrogen-bond donors (Lipinski definition) is 1. The molecule has 98 valence electrons. The third kappa shape index (κ3) is 2.73. The molecule has 0 saturated carbocycles. The van der Waals surface area contributed by atoms with E-state index in [1.807, 2.05) is 13.0 Å². The van der Waals surface area contributed by atoms with Crippen LogP contribution in [0.25, 0.3) is 0 Å². The maximum atomic E-state index is 13.5. The second kappa shape index (κ2) is 5.52. The summed E-state index contributed by atoms with van der Waals surface area (Å²) in [6, 6.07) is 11.3. The number of aryl methyl sites for hydroxylation is 1. The van der Waals surface area contributed by atoms with Gasteiger partial charge in [0.05, 0.1) is 18.4 Å². The Labute approximate surface area is 111 Å². The van der Waals surface area contributed by atoms with Gasteiger partial charge in [0.25, 0.3) is 5.91 Å². The molecule has 0 unspecified atom stereocenters. The second-order valence-corrected chi connectivity index (χ2v) is 4.09. The molecule has 0 spiro atoms. The lowest BCUT2D eigenvalue weighted by atomic mass is 10.1. The highest BCUT2D eigenvalue weighted by molar-refractivity contribution is 6.06. The zero-order valence-electron chi connectivity index (χ0n) is 10.7. The first-order valence-electron chi connectivity index (χ1n) is 5.83. The zero-order chi connectivity index (χ0) is 13.8. The normalized spacial score (nSPS) is 10.1. The number of amides is 1. The van der Waals surface area contributed by atoms with Gasteiger partial charge >= 0.3 is 0 Å². The van der Waals surface area contributed by atoms with Crippen molar-refractivity contribution in [3.63, 3.8) is 0 Å². The number of carbonyl (C=O) groups excluding carboxylic acids is 1. The number of anilines is 1. The van der Waals surface area contributed by atoms with Crippen LogP contribution in [0.4, 0.5) is 10.1 Å². The highest BCUT2D eigenvalue weighted by Gasteiger charge is 2.15. The number of hydrogen-bond acceptors (Lipinski definition) is 2. The van der Waals surface area contributed by atoms with Gasteiger partial charge in [-0.25, -0.2) is 4.39 Å². The molecule has 2 aromatic carbocycles. The van der Waals surface area contributed by atoms with E-state index < -0.39 is 11.7 Å². The molecule has 2 rings (SSSR count). The average molecular weight is 259 g/mol. The van der Waals surface area contributed by atoms with E-state index in [0.29, 0.717) is 11.3 Å². The predicted octanol–water partition coefficient (Wildman–Crippen LogP) is 3.40. The highest BCUT2D eigenvalue weighted by Crippen LogP contribution is 2.24. The number of rotatable bonds is 3. The quantitative estimate of drug-likeness (QED) is 0.917. The first kappa shape index (κ1) is 13.1. The van der Waals surface area contributed by atoms with Gasteiger partial charge < -0.3 is 10.1 Å². The summed E-state index contributed by atoms with van der Waals surface area (Å²) in [6.07, 6.45) is 0. The van der Waals surface area contributed by atoms with E-state index in [2.05, 4.69) is 5.32 Å². The number of ether oxygens (including phenoxy) is 1. The van der Waals surface area contributed by atoms with Crippen LogP contribution in [-0.4, -0.2) is 13.0 Å². The highest BCUT2D eigenvalue weighted by atomic mass is 19.1. The van der Waals surface area contributed by atoms with E-state index in [9.17, 15) is 9.18 Å². The van der Waals surface area contributed by atoms with Crippen LogP contribution in [0.15, 0.2) is 42.5 Å². The Kier molecular flexibility index (Phi) is 3.80. The smallest absolute Gasteiger partial charge is 0.259 e. The van der Waals surface area contributed by atoms with Crippen LogP contribution in [0, 0.1) is 12.7 Å². The van der Waals surface area contributed by atoms with E-state index in [1.54, 1.807) is 24.3 Å². The Balaban J connectivity index is 2.31. The van der Waals surface area contributed by atoms with Crippen molar-refractivity contribution in [3.05, 3.63) is 59.4 Å². The van der Waals surface area contributed by atoms with Crippen LogP contribution in [0.2, 0.25) is 0 Å². The fourth-order valence-electron chi connectivity index (χ4n) is 1.85. The lowest BCUT2D eigenvalue weighted by molar-refractivity contribution is 0.102. The number of methoxy groups -OCH3 is 1. The standard InChI is InChI=1S/C15H14FNO2/c1-10-6-5-7-11(14(10)19-2)15(18)17-13-9-4-3-8-12(13)16/h3-9H,1-2H3,(H,17,18). The largest absolute Gasteiger partial charge is 0.496 e. The van der Waals surface area contributed by atoms with E-state index in [0.717, 1.165) is 5.56 Å². The molecule has 19 heavy (non-hydrogen) atoms. The molecule has 0 aliphatic rings. The summed E-state index contributed by atoms with van der Waals surface area (Å²) >= 11 is 0. The summed E-state index contributed by atoms with van der Waals surface area (Å²) in [6.45, 7) is 1.85. The molecule has 3 nitrogen and oxygen atoms in total. The maximum Gasteiger partial charge on any atom is 0.259 e. The van der Waals surface area contributed by atoms with Gasteiger partial charge in [-0.15, -0.1) is 0 Å². The first-order chi connectivity index (χ1) is 9.13. The first-order valence-corrected chi connectivity index (χ1v) is 5.83. The Hall–Kier alpha value is -2.36.